The van der Waals surface area contributed by atoms with Gasteiger partial charge in [-0.05, 0) is 20.8 Å². The van der Waals surface area contributed by atoms with E-state index in [0.717, 1.165) is 5.01 Å². The van der Waals surface area contributed by atoms with Gasteiger partial charge in [-0.25, -0.2) is 9.80 Å². The summed E-state index contributed by atoms with van der Waals surface area (Å²) in [4.78, 5) is 23.3. The number of ether oxygens (including phenoxy) is 1. The molecule has 1 aliphatic heterocycles. The van der Waals surface area contributed by atoms with Gasteiger partial charge in [-0.15, -0.1) is 0 Å². The van der Waals surface area contributed by atoms with E-state index in [2.05, 4.69) is 5.32 Å². The predicted molar refractivity (Wildman–Crippen MR) is 63.6 cm³/mol. The van der Waals surface area contributed by atoms with E-state index < -0.39 is 36.4 Å². The maximum absolute atomic E-state index is 12.3. The van der Waals surface area contributed by atoms with Crippen molar-refractivity contribution in [2.75, 3.05) is 20.1 Å². The number of alkyl carbamates (subject to hydrolysis) is 1. The first-order chi connectivity index (χ1) is 8.89. The molecule has 1 unspecified atom stereocenters. The highest BCUT2D eigenvalue weighted by atomic mass is 19.4. The number of alkyl halides is 3. The average molecular weight is 297 g/mol. The Morgan fingerprint density at radius 1 is 1.40 bits per heavy atom. The van der Waals surface area contributed by atoms with E-state index in [1.807, 2.05) is 0 Å². The van der Waals surface area contributed by atoms with E-state index in [-0.39, 0.29) is 6.54 Å². The van der Waals surface area contributed by atoms with Gasteiger partial charge in [0.2, 0.25) is 0 Å². The monoisotopic (exact) mass is 297 g/mol. The fourth-order valence-corrected chi connectivity index (χ4v) is 1.71. The summed E-state index contributed by atoms with van der Waals surface area (Å²) in [7, 11) is 1.35. The van der Waals surface area contributed by atoms with Crippen molar-refractivity contribution in [1.29, 1.82) is 0 Å². The standard InChI is InChI=1S/C11H18F3N3O3/c1-10(2,3)20-9(19)15-7-5-16(4)17(8(7)18)6-11(12,13)14/h7H,5-6H2,1-4H3,(H,15,19). The normalized spacial score (nSPS) is 21.2. The minimum Gasteiger partial charge on any atom is -0.444 e. The van der Waals surface area contributed by atoms with Gasteiger partial charge in [0.05, 0.1) is 0 Å². The molecular weight excluding hydrogens is 279 g/mol. The van der Waals surface area contributed by atoms with Crippen molar-refractivity contribution in [3.05, 3.63) is 0 Å². The van der Waals surface area contributed by atoms with Gasteiger partial charge in [-0.3, -0.25) is 9.80 Å². The Morgan fingerprint density at radius 2 is 1.95 bits per heavy atom. The highest BCUT2D eigenvalue weighted by molar-refractivity contribution is 5.87. The average Bonchev–Trinajstić information content (AvgIpc) is 2.41. The van der Waals surface area contributed by atoms with Crippen LogP contribution in [0.2, 0.25) is 0 Å². The van der Waals surface area contributed by atoms with Gasteiger partial charge in [-0.1, -0.05) is 0 Å². The number of hydrazine groups is 1. The molecule has 1 aliphatic rings. The quantitative estimate of drug-likeness (QED) is 0.830. The summed E-state index contributed by atoms with van der Waals surface area (Å²) >= 11 is 0. The summed E-state index contributed by atoms with van der Waals surface area (Å²) in [5, 5.41) is 3.95. The van der Waals surface area contributed by atoms with Crippen molar-refractivity contribution in [1.82, 2.24) is 15.3 Å². The van der Waals surface area contributed by atoms with Crippen molar-refractivity contribution >= 4 is 12.0 Å². The molecule has 2 amide bonds. The molecule has 0 saturated carbocycles. The number of carbonyl (C=O) groups excluding carboxylic acids is 2. The summed E-state index contributed by atoms with van der Waals surface area (Å²) in [5.41, 5.74) is -0.747. The first-order valence-electron chi connectivity index (χ1n) is 5.98. The van der Waals surface area contributed by atoms with Crippen LogP contribution in [-0.4, -0.2) is 60.0 Å². The van der Waals surface area contributed by atoms with Crippen LogP contribution in [0.1, 0.15) is 20.8 Å². The zero-order valence-electron chi connectivity index (χ0n) is 11.7. The molecule has 1 saturated heterocycles. The highest BCUT2D eigenvalue weighted by Crippen LogP contribution is 2.21. The van der Waals surface area contributed by atoms with Crippen LogP contribution in [0.25, 0.3) is 0 Å². The molecule has 0 aliphatic carbocycles. The van der Waals surface area contributed by atoms with Crippen molar-refractivity contribution in [2.24, 2.45) is 0 Å². The molecule has 116 valence electrons. The molecule has 9 heteroatoms. The van der Waals surface area contributed by atoms with Crippen molar-refractivity contribution < 1.29 is 27.5 Å². The largest absolute Gasteiger partial charge is 0.444 e. The maximum atomic E-state index is 12.3. The first kappa shape index (κ1) is 16.5. The van der Waals surface area contributed by atoms with E-state index in [0.29, 0.717) is 5.01 Å². The molecule has 0 spiro atoms. The van der Waals surface area contributed by atoms with Crippen LogP contribution in [0.3, 0.4) is 0 Å². The summed E-state index contributed by atoms with van der Waals surface area (Å²) in [6.45, 7) is 3.52. The lowest BCUT2D eigenvalue weighted by Crippen LogP contribution is -2.46. The van der Waals surface area contributed by atoms with E-state index in [9.17, 15) is 22.8 Å². The minimum atomic E-state index is -4.50. The Bertz CT molecular complexity index is 393. The molecule has 1 rings (SSSR count). The van der Waals surface area contributed by atoms with Crippen LogP contribution in [-0.2, 0) is 9.53 Å². The number of amides is 2. The molecular formula is C11H18F3N3O3. The minimum absolute atomic E-state index is 0.0336. The van der Waals surface area contributed by atoms with E-state index in [4.69, 9.17) is 4.74 Å². The highest BCUT2D eigenvalue weighted by Gasteiger charge is 2.43. The number of halogens is 3. The van der Waals surface area contributed by atoms with E-state index in [1.54, 1.807) is 20.8 Å². The van der Waals surface area contributed by atoms with Gasteiger partial charge in [-0.2, -0.15) is 13.2 Å². The molecule has 0 bridgehead atoms. The molecule has 0 radical (unpaired) electrons. The number of carbonyl (C=O) groups is 2. The van der Waals surface area contributed by atoms with Crippen LogP contribution in [0.4, 0.5) is 18.0 Å². The van der Waals surface area contributed by atoms with Crippen LogP contribution < -0.4 is 5.32 Å². The fourth-order valence-electron chi connectivity index (χ4n) is 1.71. The predicted octanol–water partition coefficient (Wildman–Crippen LogP) is 1.13. The molecule has 20 heavy (non-hydrogen) atoms. The lowest BCUT2D eigenvalue weighted by Gasteiger charge is -2.24. The lowest BCUT2D eigenvalue weighted by atomic mass is 10.2. The molecule has 1 fully saturated rings. The molecule has 0 aromatic carbocycles. The first-order valence-corrected chi connectivity index (χ1v) is 5.98. The van der Waals surface area contributed by atoms with Gasteiger partial charge in [0.1, 0.15) is 18.2 Å². The summed E-state index contributed by atoms with van der Waals surface area (Å²) in [6, 6.07) is -1.04. The second kappa shape index (κ2) is 5.47. The lowest BCUT2D eigenvalue weighted by molar-refractivity contribution is -0.178. The second-order valence-electron chi connectivity index (χ2n) is 5.55. The zero-order valence-corrected chi connectivity index (χ0v) is 11.7. The molecule has 0 aromatic heterocycles. The van der Waals surface area contributed by atoms with Crippen molar-refractivity contribution in [3.8, 4) is 0 Å². The molecule has 1 atom stereocenters. The maximum Gasteiger partial charge on any atom is 0.408 e. The Labute approximate surface area is 114 Å². The molecule has 1 heterocycles. The number of hydrogen-bond donors (Lipinski definition) is 1. The van der Waals surface area contributed by atoms with Gasteiger partial charge in [0.15, 0.2) is 0 Å². The number of hydrogen-bond acceptors (Lipinski definition) is 4. The topological polar surface area (TPSA) is 61.9 Å². The number of nitrogens with one attached hydrogen (secondary N) is 1. The summed E-state index contributed by atoms with van der Waals surface area (Å²) < 4.78 is 42.0. The van der Waals surface area contributed by atoms with Crippen LogP contribution in [0.5, 0.6) is 0 Å². The van der Waals surface area contributed by atoms with Gasteiger partial charge in [0, 0.05) is 13.6 Å². The Morgan fingerprint density at radius 3 is 2.40 bits per heavy atom. The van der Waals surface area contributed by atoms with Crippen LogP contribution >= 0.6 is 0 Å². The smallest absolute Gasteiger partial charge is 0.408 e. The summed E-state index contributed by atoms with van der Waals surface area (Å²) in [6.07, 6.45) is -5.33. The van der Waals surface area contributed by atoms with Crippen LogP contribution in [0.15, 0.2) is 0 Å². The molecule has 0 aromatic rings. The summed E-state index contributed by atoms with van der Waals surface area (Å²) in [5.74, 6) is -0.810. The van der Waals surface area contributed by atoms with Gasteiger partial charge in [0.25, 0.3) is 5.91 Å². The van der Waals surface area contributed by atoms with Crippen molar-refractivity contribution in [3.63, 3.8) is 0 Å². The SMILES string of the molecule is CN1CC(NC(=O)OC(C)(C)C)C(=O)N1CC(F)(F)F. The van der Waals surface area contributed by atoms with E-state index in [1.165, 1.54) is 7.05 Å². The Balaban J connectivity index is 2.62. The zero-order chi connectivity index (χ0) is 15.7. The van der Waals surface area contributed by atoms with Crippen LogP contribution in [0, 0.1) is 0 Å². The van der Waals surface area contributed by atoms with Gasteiger partial charge < -0.3 is 10.1 Å². The number of likely N-dealkylation sites (N-methyl/N-ethyl adjacent to an activating group) is 1. The Hall–Kier alpha value is -1.51. The number of rotatable bonds is 2. The van der Waals surface area contributed by atoms with E-state index >= 15 is 0 Å². The third-order valence-corrected chi connectivity index (χ3v) is 2.43. The van der Waals surface area contributed by atoms with Gasteiger partial charge >= 0.3 is 12.3 Å². The number of nitrogens with zero attached hydrogens (tertiary/aromatic N) is 2. The second-order valence-corrected chi connectivity index (χ2v) is 5.55. The third-order valence-electron chi connectivity index (χ3n) is 2.43. The fraction of sp³-hybridized carbons (Fsp3) is 0.818. The molecule has 1 N–H and O–H groups in total. The van der Waals surface area contributed by atoms with Crippen molar-refractivity contribution in [2.45, 2.75) is 38.6 Å². The third kappa shape index (κ3) is 4.87. The Kier molecular flexibility index (Phi) is 4.52. The molecule has 6 nitrogen and oxygen atoms in total.